The van der Waals surface area contributed by atoms with Crippen LogP contribution in [0.15, 0.2) is 24.3 Å². The summed E-state index contributed by atoms with van der Waals surface area (Å²) in [5.41, 5.74) is 1.57. The lowest BCUT2D eigenvalue weighted by atomic mass is 9.92. The van der Waals surface area contributed by atoms with Crippen molar-refractivity contribution in [3.63, 3.8) is 0 Å². The molecule has 2 aliphatic rings. The van der Waals surface area contributed by atoms with Gasteiger partial charge in [-0.2, -0.15) is 0 Å². The Morgan fingerprint density at radius 3 is 2.60 bits per heavy atom. The molecule has 2 saturated heterocycles. The van der Waals surface area contributed by atoms with Crippen LogP contribution in [0.4, 0.5) is 5.69 Å². The van der Waals surface area contributed by atoms with E-state index in [9.17, 15) is 9.59 Å². The van der Waals surface area contributed by atoms with Crippen molar-refractivity contribution in [3.8, 4) is 0 Å². The van der Waals surface area contributed by atoms with Gasteiger partial charge in [0, 0.05) is 24.7 Å². The molecule has 0 unspecified atom stereocenters. The highest BCUT2D eigenvalue weighted by atomic mass is 35.5. The number of thioether (sulfide) groups is 1. The molecule has 2 fully saturated rings. The van der Waals surface area contributed by atoms with Crippen LogP contribution in [0.25, 0.3) is 0 Å². The number of likely N-dealkylation sites (tertiary alicyclic amines) is 1. The van der Waals surface area contributed by atoms with Gasteiger partial charge < -0.3 is 4.90 Å². The molecular formula is C19H25ClN2O2S. The molecule has 0 saturated carbocycles. The second kappa shape index (κ2) is 6.84. The number of nitrogens with zero attached hydrogens (tertiary/aromatic N) is 2. The number of benzene rings is 1. The van der Waals surface area contributed by atoms with E-state index in [1.54, 1.807) is 11.8 Å². The summed E-state index contributed by atoms with van der Waals surface area (Å²) in [5, 5.41) is 0. The summed E-state index contributed by atoms with van der Waals surface area (Å²) in [7, 11) is 0. The third kappa shape index (κ3) is 3.41. The highest BCUT2D eigenvalue weighted by Crippen LogP contribution is 2.47. The highest BCUT2D eigenvalue weighted by molar-refractivity contribution is 8.02. The van der Waals surface area contributed by atoms with Crippen LogP contribution in [-0.4, -0.2) is 46.3 Å². The number of carbonyl (C=O) groups excluding carboxylic acids is 2. The summed E-state index contributed by atoms with van der Waals surface area (Å²) in [4.78, 5) is 28.9. The van der Waals surface area contributed by atoms with Crippen molar-refractivity contribution in [1.29, 1.82) is 0 Å². The number of rotatable bonds is 3. The molecule has 25 heavy (non-hydrogen) atoms. The lowest BCUT2D eigenvalue weighted by Gasteiger charge is -2.45. The molecule has 0 N–H and O–H groups in total. The van der Waals surface area contributed by atoms with E-state index in [1.165, 1.54) is 0 Å². The third-order valence-corrected chi connectivity index (χ3v) is 7.31. The van der Waals surface area contributed by atoms with Crippen molar-refractivity contribution in [2.45, 2.75) is 38.5 Å². The van der Waals surface area contributed by atoms with Gasteiger partial charge in [0.05, 0.1) is 16.0 Å². The maximum absolute atomic E-state index is 12.7. The molecule has 0 bridgehead atoms. The van der Waals surface area contributed by atoms with Gasteiger partial charge in [0.15, 0.2) is 0 Å². The molecule has 0 radical (unpaired) electrons. The van der Waals surface area contributed by atoms with Gasteiger partial charge in [-0.3, -0.25) is 14.5 Å². The molecule has 0 aromatic heterocycles. The van der Waals surface area contributed by atoms with Crippen LogP contribution in [-0.2, 0) is 9.59 Å². The van der Waals surface area contributed by atoms with Crippen LogP contribution in [0.1, 0.15) is 32.3 Å². The largest absolute Gasteiger partial charge is 0.342 e. The first-order valence-electron chi connectivity index (χ1n) is 8.68. The average molecular weight is 381 g/mol. The number of halogens is 1. The number of hydrogen-bond donors (Lipinski definition) is 0. The van der Waals surface area contributed by atoms with Gasteiger partial charge in [-0.05, 0) is 51.3 Å². The summed E-state index contributed by atoms with van der Waals surface area (Å²) in [5.74, 6) is 1.09. The molecule has 0 atom stereocenters. The Kier molecular flexibility index (Phi) is 5.09. The van der Waals surface area contributed by atoms with Crippen molar-refractivity contribution >= 4 is 40.9 Å². The van der Waals surface area contributed by atoms with Crippen molar-refractivity contribution in [3.05, 3.63) is 29.8 Å². The summed E-state index contributed by atoms with van der Waals surface area (Å²) in [6.07, 6.45) is 1.59. The minimum Gasteiger partial charge on any atom is -0.342 e. The molecule has 1 spiro atoms. The average Bonchev–Trinajstić information content (AvgIpc) is 2.91. The second-order valence-corrected chi connectivity index (χ2v) is 9.22. The van der Waals surface area contributed by atoms with Gasteiger partial charge in [0.1, 0.15) is 0 Å². The molecular weight excluding hydrogens is 356 g/mol. The fraction of sp³-hybridized carbons (Fsp3) is 0.579. The summed E-state index contributed by atoms with van der Waals surface area (Å²) >= 11 is 7.68. The van der Waals surface area contributed by atoms with E-state index in [-0.39, 0.29) is 16.7 Å². The van der Waals surface area contributed by atoms with Crippen LogP contribution >= 0.6 is 23.4 Å². The minimum atomic E-state index is -0.541. The van der Waals surface area contributed by atoms with Crippen LogP contribution in [0.2, 0.25) is 0 Å². The number of alkyl halides is 1. The van der Waals surface area contributed by atoms with E-state index in [4.69, 9.17) is 11.6 Å². The van der Waals surface area contributed by atoms with Crippen molar-refractivity contribution in [2.24, 2.45) is 5.41 Å². The number of amides is 2. The molecule has 0 aliphatic carbocycles. The molecule has 4 nitrogen and oxygen atoms in total. The molecule has 3 rings (SSSR count). The van der Waals surface area contributed by atoms with Gasteiger partial charge in [-0.1, -0.05) is 12.1 Å². The normalized spacial score (nSPS) is 20.4. The zero-order valence-electron chi connectivity index (χ0n) is 15.0. The maximum atomic E-state index is 12.7. The summed E-state index contributed by atoms with van der Waals surface area (Å²) in [6.45, 7) is 7.15. The van der Waals surface area contributed by atoms with E-state index in [1.807, 2.05) is 48.8 Å². The first-order chi connectivity index (χ1) is 11.8. The monoisotopic (exact) mass is 380 g/mol. The SMILES string of the molecule is Cc1cccc(N2C(=O)CSC23CCN(C(=O)C(C)(C)CCl)CC3)c1. The Morgan fingerprint density at radius 1 is 1.32 bits per heavy atom. The van der Waals surface area contributed by atoms with E-state index in [0.29, 0.717) is 24.7 Å². The Morgan fingerprint density at radius 2 is 2.00 bits per heavy atom. The standard InChI is InChI=1S/C19H25ClN2O2S/c1-14-5-4-6-15(11-14)22-16(23)12-25-19(22)7-9-21(10-8-19)17(24)18(2,3)13-20/h4-6,11H,7-10,12-13H2,1-3H3. The van der Waals surface area contributed by atoms with Crippen LogP contribution in [0, 0.1) is 12.3 Å². The Labute approximate surface area is 158 Å². The van der Waals surface area contributed by atoms with Crippen molar-refractivity contribution in [1.82, 2.24) is 4.90 Å². The number of piperidine rings is 1. The van der Waals surface area contributed by atoms with Gasteiger partial charge in [0.2, 0.25) is 11.8 Å². The Hall–Kier alpha value is -1.20. The van der Waals surface area contributed by atoms with Crippen LogP contribution in [0.3, 0.4) is 0 Å². The van der Waals surface area contributed by atoms with Gasteiger partial charge in [-0.15, -0.1) is 23.4 Å². The molecule has 136 valence electrons. The van der Waals surface area contributed by atoms with E-state index in [0.717, 1.165) is 24.1 Å². The molecule has 2 amide bonds. The second-order valence-electron chi connectivity index (χ2n) is 7.61. The van der Waals surface area contributed by atoms with E-state index < -0.39 is 5.41 Å². The Balaban J connectivity index is 1.79. The number of carbonyl (C=O) groups is 2. The fourth-order valence-electron chi connectivity index (χ4n) is 3.61. The van der Waals surface area contributed by atoms with E-state index in [2.05, 4.69) is 6.07 Å². The highest BCUT2D eigenvalue weighted by Gasteiger charge is 2.49. The number of anilines is 1. The van der Waals surface area contributed by atoms with Crippen LogP contribution < -0.4 is 4.90 Å². The van der Waals surface area contributed by atoms with Gasteiger partial charge in [0.25, 0.3) is 0 Å². The topological polar surface area (TPSA) is 40.6 Å². The lowest BCUT2D eigenvalue weighted by molar-refractivity contribution is -0.140. The predicted octanol–water partition coefficient (Wildman–Crippen LogP) is 3.66. The maximum Gasteiger partial charge on any atom is 0.238 e. The quantitative estimate of drug-likeness (QED) is 0.751. The molecule has 2 aliphatic heterocycles. The molecule has 1 aromatic rings. The number of hydrogen-bond acceptors (Lipinski definition) is 3. The zero-order valence-corrected chi connectivity index (χ0v) is 16.6. The summed E-state index contributed by atoms with van der Waals surface area (Å²) in [6, 6.07) is 8.11. The van der Waals surface area contributed by atoms with E-state index >= 15 is 0 Å². The van der Waals surface area contributed by atoms with Crippen molar-refractivity contribution in [2.75, 3.05) is 29.6 Å². The zero-order chi connectivity index (χ0) is 18.2. The van der Waals surface area contributed by atoms with Crippen LogP contribution in [0.5, 0.6) is 0 Å². The Bertz CT molecular complexity index is 684. The van der Waals surface area contributed by atoms with Gasteiger partial charge >= 0.3 is 0 Å². The molecule has 2 heterocycles. The third-order valence-electron chi connectivity index (χ3n) is 5.13. The first-order valence-corrected chi connectivity index (χ1v) is 10.2. The first kappa shape index (κ1) is 18.6. The van der Waals surface area contributed by atoms with Gasteiger partial charge in [-0.25, -0.2) is 0 Å². The smallest absolute Gasteiger partial charge is 0.238 e. The lowest BCUT2D eigenvalue weighted by Crippen LogP contribution is -2.55. The number of aryl methyl sites for hydroxylation is 1. The molecule has 1 aromatic carbocycles. The summed E-state index contributed by atoms with van der Waals surface area (Å²) < 4.78 is 0. The predicted molar refractivity (Wildman–Crippen MR) is 104 cm³/mol. The van der Waals surface area contributed by atoms with Crippen molar-refractivity contribution < 1.29 is 9.59 Å². The fourth-order valence-corrected chi connectivity index (χ4v) is 5.05. The molecule has 6 heteroatoms. The minimum absolute atomic E-state index is 0.105.